The second kappa shape index (κ2) is 9.05. The van der Waals surface area contributed by atoms with Crippen LogP contribution >= 0.6 is 11.6 Å². The second-order valence-electron chi connectivity index (χ2n) is 5.72. The van der Waals surface area contributed by atoms with Gasteiger partial charge in [0.15, 0.2) is 11.5 Å². The molecule has 3 rings (SSSR count). The van der Waals surface area contributed by atoms with Crippen molar-refractivity contribution in [1.82, 2.24) is 15.6 Å². The molecule has 3 aromatic rings. The summed E-state index contributed by atoms with van der Waals surface area (Å²) in [7, 11) is 1.57. The molecule has 0 atom stereocenters. The lowest BCUT2D eigenvalue weighted by atomic mass is 10.1. The number of H-pyrrole nitrogens is 1. The van der Waals surface area contributed by atoms with Gasteiger partial charge in [0, 0.05) is 10.6 Å². The Hall–Kier alpha value is -3.32. The van der Waals surface area contributed by atoms with E-state index in [1.165, 1.54) is 6.21 Å². The number of nitrogens with zero attached hydrogens (tertiary/aromatic N) is 2. The largest absolute Gasteiger partial charge is 0.493 e. The molecule has 1 amide bonds. The van der Waals surface area contributed by atoms with Gasteiger partial charge in [0.1, 0.15) is 5.69 Å². The number of methoxy groups -OCH3 is 1. The predicted octanol–water partition coefficient (Wildman–Crippen LogP) is 3.90. The Morgan fingerprint density at radius 3 is 2.71 bits per heavy atom. The van der Waals surface area contributed by atoms with Crippen LogP contribution in [0.2, 0.25) is 5.02 Å². The molecule has 0 saturated heterocycles. The minimum absolute atomic E-state index is 0.298. The summed E-state index contributed by atoms with van der Waals surface area (Å²) in [6.07, 6.45) is 1.52. The highest BCUT2D eigenvalue weighted by Crippen LogP contribution is 2.27. The number of hydrazone groups is 1. The molecule has 0 bridgehead atoms. The maximum atomic E-state index is 12.2. The van der Waals surface area contributed by atoms with Gasteiger partial charge in [-0.25, -0.2) is 5.43 Å². The average molecular weight is 399 g/mol. The van der Waals surface area contributed by atoms with Crippen LogP contribution < -0.4 is 14.9 Å². The number of carbonyl (C=O) groups is 1. The van der Waals surface area contributed by atoms with Gasteiger partial charge in [-0.05, 0) is 48.9 Å². The van der Waals surface area contributed by atoms with Gasteiger partial charge in [-0.3, -0.25) is 9.89 Å². The van der Waals surface area contributed by atoms with Gasteiger partial charge >= 0.3 is 0 Å². The van der Waals surface area contributed by atoms with E-state index in [4.69, 9.17) is 21.1 Å². The standard InChI is InChI=1S/C20H19ClN4O3/c1-3-28-18-9-4-13(10-19(18)27-2)12-22-25-20(26)17-11-16(23-24-17)14-5-7-15(21)8-6-14/h4-12H,3H2,1-2H3,(H,23,24)(H,25,26). The Labute approximate surface area is 167 Å². The first-order chi connectivity index (χ1) is 13.6. The SMILES string of the molecule is CCOc1ccc(C=NNC(=O)c2cc(-c3ccc(Cl)cc3)n[nH]2)cc1OC. The molecule has 0 saturated carbocycles. The third-order valence-corrected chi connectivity index (χ3v) is 4.08. The number of halogens is 1. The molecule has 28 heavy (non-hydrogen) atoms. The van der Waals surface area contributed by atoms with Crippen molar-refractivity contribution in [3.05, 3.63) is 64.8 Å². The number of hydrogen-bond donors (Lipinski definition) is 2. The molecule has 0 unspecified atom stereocenters. The molecule has 7 nitrogen and oxygen atoms in total. The number of aromatic nitrogens is 2. The average Bonchev–Trinajstić information content (AvgIpc) is 3.20. The summed E-state index contributed by atoms with van der Waals surface area (Å²) in [5, 5.41) is 11.5. The minimum Gasteiger partial charge on any atom is -0.493 e. The highest BCUT2D eigenvalue weighted by Gasteiger charge is 2.10. The monoisotopic (exact) mass is 398 g/mol. The van der Waals surface area contributed by atoms with Gasteiger partial charge in [-0.15, -0.1) is 0 Å². The Kier molecular flexibility index (Phi) is 6.29. The fraction of sp³-hybridized carbons (Fsp3) is 0.150. The van der Waals surface area contributed by atoms with Crippen LogP contribution in [-0.2, 0) is 0 Å². The van der Waals surface area contributed by atoms with E-state index in [2.05, 4.69) is 20.7 Å². The third kappa shape index (κ3) is 4.69. The van der Waals surface area contributed by atoms with Crippen molar-refractivity contribution < 1.29 is 14.3 Å². The van der Waals surface area contributed by atoms with E-state index in [1.807, 2.05) is 25.1 Å². The zero-order valence-corrected chi connectivity index (χ0v) is 16.2. The fourth-order valence-corrected chi connectivity index (χ4v) is 2.60. The minimum atomic E-state index is -0.401. The van der Waals surface area contributed by atoms with E-state index in [0.717, 1.165) is 11.1 Å². The smallest absolute Gasteiger partial charge is 0.289 e. The molecule has 1 heterocycles. The van der Waals surface area contributed by atoms with Gasteiger partial charge in [0.05, 0.1) is 25.6 Å². The summed E-state index contributed by atoms with van der Waals surface area (Å²) in [6, 6.07) is 14.2. The van der Waals surface area contributed by atoms with Crippen LogP contribution in [0.4, 0.5) is 0 Å². The third-order valence-electron chi connectivity index (χ3n) is 3.83. The highest BCUT2D eigenvalue weighted by molar-refractivity contribution is 6.30. The highest BCUT2D eigenvalue weighted by atomic mass is 35.5. The van der Waals surface area contributed by atoms with Crippen LogP contribution in [0, 0.1) is 0 Å². The van der Waals surface area contributed by atoms with Gasteiger partial charge < -0.3 is 9.47 Å². The molecule has 0 aliphatic carbocycles. The number of benzene rings is 2. The molecule has 0 aliphatic rings. The summed E-state index contributed by atoms with van der Waals surface area (Å²) in [5.74, 6) is 0.846. The van der Waals surface area contributed by atoms with Gasteiger partial charge in [0.25, 0.3) is 5.91 Å². The number of amides is 1. The van der Waals surface area contributed by atoms with E-state index in [-0.39, 0.29) is 0 Å². The van der Waals surface area contributed by atoms with Crippen molar-refractivity contribution in [3.8, 4) is 22.8 Å². The molecular formula is C20H19ClN4O3. The molecule has 1 aromatic heterocycles. The number of hydrogen-bond acceptors (Lipinski definition) is 5. The van der Waals surface area contributed by atoms with Crippen LogP contribution in [0.3, 0.4) is 0 Å². The summed E-state index contributed by atoms with van der Waals surface area (Å²) < 4.78 is 10.8. The van der Waals surface area contributed by atoms with Crippen molar-refractivity contribution in [1.29, 1.82) is 0 Å². The normalized spacial score (nSPS) is 10.8. The van der Waals surface area contributed by atoms with E-state index in [9.17, 15) is 4.79 Å². The lowest BCUT2D eigenvalue weighted by Gasteiger charge is -2.09. The summed E-state index contributed by atoms with van der Waals surface area (Å²) in [5.41, 5.74) is 5.01. The van der Waals surface area contributed by atoms with Crippen LogP contribution in [0.5, 0.6) is 11.5 Å². The molecule has 8 heteroatoms. The molecule has 0 aliphatic heterocycles. The molecular weight excluding hydrogens is 380 g/mol. The molecule has 0 fully saturated rings. The molecule has 0 spiro atoms. The predicted molar refractivity (Wildman–Crippen MR) is 108 cm³/mol. The Morgan fingerprint density at radius 2 is 2.00 bits per heavy atom. The maximum absolute atomic E-state index is 12.2. The van der Waals surface area contributed by atoms with Crippen molar-refractivity contribution in [2.24, 2.45) is 5.10 Å². The van der Waals surface area contributed by atoms with Gasteiger partial charge in [0.2, 0.25) is 0 Å². The topological polar surface area (TPSA) is 88.6 Å². The molecule has 144 valence electrons. The van der Waals surface area contributed by atoms with Crippen molar-refractivity contribution in [3.63, 3.8) is 0 Å². The lowest BCUT2D eigenvalue weighted by Crippen LogP contribution is -2.18. The van der Waals surface area contributed by atoms with E-state index in [1.54, 1.807) is 37.4 Å². The first-order valence-corrected chi connectivity index (χ1v) is 8.94. The summed E-state index contributed by atoms with van der Waals surface area (Å²) in [6.45, 7) is 2.44. The lowest BCUT2D eigenvalue weighted by molar-refractivity contribution is 0.0950. The second-order valence-corrected chi connectivity index (χ2v) is 6.15. The number of carbonyl (C=O) groups excluding carboxylic acids is 1. The van der Waals surface area contributed by atoms with Crippen molar-refractivity contribution >= 4 is 23.7 Å². The molecule has 2 aromatic carbocycles. The Morgan fingerprint density at radius 1 is 1.21 bits per heavy atom. The van der Waals surface area contributed by atoms with Crippen LogP contribution in [-0.4, -0.2) is 36.0 Å². The first kappa shape index (κ1) is 19.4. The quantitative estimate of drug-likeness (QED) is 0.466. The molecule has 2 N–H and O–H groups in total. The zero-order chi connectivity index (χ0) is 19.9. The summed E-state index contributed by atoms with van der Waals surface area (Å²) in [4.78, 5) is 12.2. The number of aromatic amines is 1. The van der Waals surface area contributed by atoms with E-state index >= 15 is 0 Å². The fourth-order valence-electron chi connectivity index (χ4n) is 2.47. The van der Waals surface area contributed by atoms with E-state index < -0.39 is 5.91 Å². The Balaban J connectivity index is 1.65. The van der Waals surface area contributed by atoms with Crippen molar-refractivity contribution in [2.45, 2.75) is 6.92 Å². The number of ether oxygens (including phenoxy) is 2. The van der Waals surface area contributed by atoms with Crippen LogP contribution in [0.15, 0.2) is 53.6 Å². The maximum Gasteiger partial charge on any atom is 0.289 e. The van der Waals surface area contributed by atoms with Crippen LogP contribution in [0.25, 0.3) is 11.3 Å². The summed E-state index contributed by atoms with van der Waals surface area (Å²) >= 11 is 5.88. The van der Waals surface area contributed by atoms with Crippen molar-refractivity contribution in [2.75, 3.05) is 13.7 Å². The Bertz CT molecular complexity index is 983. The van der Waals surface area contributed by atoms with Crippen LogP contribution in [0.1, 0.15) is 23.0 Å². The molecule has 0 radical (unpaired) electrons. The number of rotatable bonds is 7. The van der Waals surface area contributed by atoms with Gasteiger partial charge in [-0.2, -0.15) is 10.2 Å². The number of nitrogens with one attached hydrogen (secondary N) is 2. The van der Waals surface area contributed by atoms with E-state index in [0.29, 0.717) is 34.5 Å². The zero-order valence-electron chi connectivity index (χ0n) is 15.4. The first-order valence-electron chi connectivity index (χ1n) is 8.56. The van der Waals surface area contributed by atoms with Gasteiger partial charge in [-0.1, -0.05) is 23.7 Å².